The molecule has 1 saturated heterocycles. The zero-order valence-electron chi connectivity index (χ0n) is 21.8. The molecular formula is C27H38N6O5. The molecule has 1 aliphatic heterocycles. The molecule has 11 heteroatoms. The number of hydrogen-bond donors (Lipinski definition) is 5. The molecule has 11 nitrogen and oxygen atoms in total. The lowest BCUT2D eigenvalue weighted by Crippen LogP contribution is -2.45. The Morgan fingerprint density at radius 1 is 1.11 bits per heavy atom. The Kier molecular flexibility index (Phi) is 7.86. The number of nitrogens with one attached hydrogen (secondary N) is 1. The van der Waals surface area contributed by atoms with Crippen LogP contribution in [-0.4, -0.2) is 71.2 Å². The van der Waals surface area contributed by atoms with Crippen molar-refractivity contribution in [3.8, 4) is 11.8 Å². The molecule has 6 N–H and O–H groups in total. The van der Waals surface area contributed by atoms with Gasteiger partial charge in [0.2, 0.25) is 5.82 Å². The summed E-state index contributed by atoms with van der Waals surface area (Å²) in [6.07, 6.45) is 6.83. The predicted molar refractivity (Wildman–Crippen MR) is 139 cm³/mol. The van der Waals surface area contributed by atoms with Crippen LogP contribution in [0.15, 0.2) is 6.33 Å². The van der Waals surface area contributed by atoms with E-state index >= 15 is 0 Å². The first kappa shape index (κ1) is 26.8. The van der Waals surface area contributed by atoms with Crippen LogP contribution in [0.25, 0.3) is 11.2 Å². The fraction of sp³-hybridized carbons (Fsp3) is 0.704. The van der Waals surface area contributed by atoms with E-state index in [2.05, 4.69) is 32.1 Å². The molecule has 0 radical (unpaired) electrons. The van der Waals surface area contributed by atoms with E-state index in [4.69, 9.17) is 10.5 Å². The van der Waals surface area contributed by atoms with E-state index in [1.807, 2.05) is 0 Å². The number of aliphatic hydroxyl groups is 3. The Bertz CT molecular complexity index is 1190. The summed E-state index contributed by atoms with van der Waals surface area (Å²) in [5, 5.41) is 35.7. The predicted octanol–water partition coefficient (Wildman–Crippen LogP) is 1.41. The standard InChI is InChI=1S/C27H38N6O5/c1-2-29-25(36)22-20(34)21(35)26(38-22)33-15-30-19-23(28)31-18(32-24(19)33)13-14-27(37,16-9-5-3-6-10-16)17-11-7-4-8-12-17/h15-17,20-22,26,34-35,37H,2-12H2,1H3,(H,29,36)(H2,28,31,32)/t20?,21-,22-,26+/m0/s1. The van der Waals surface area contributed by atoms with Crippen molar-refractivity contribution in [2.75, 3.05) is 12.3 Å². The highest BCUT2D eigenvalue weighted by Crippen LogP contribution is 2.42. The minimum atomic E-state index is -1.43. The Hall–Kier alpha value is -2.78. The number of nitrogens with zero attached hydrogens (tertiary/aromatic N) is 4. The number of nitrogen functional groups attached to an aromatic ring is 1. The topological polar surface area (TPSA) is 169 Å². The number of carbonyl (C=O) groups excluding carboxylic acids is 1. The number of hydrogen-bond acceptors (Lipinski definition) is 9. The van der Waals surface area contributed by atoms with Crippen LogP contribution < -0.4 is 11.1 Å². The number of aromatic nitrogens is 4. The summed E-state index contributed by atoms with van der Waals surface area (Å²) in [6, 6.07) is 0. The van der Waals surface area contributed by atoms with Gasteiger partial charge < -0.3 is 31.1 Å². The lowest BCUT2D eigenvalue weighted by atomic mass is 9.66. The molecule has 5 rings (SSSR count). The number of carbonyl (C=O) groups is 1. The number of fused-ring (bicyclic) bond motifs is 1. The first-order chi connectivity index (χ1) is 18.3. The molecular weight excluding hydrogens is 488 g/mol. The summed E-state index contributed by atoms with van der Waals surface area (Å²) in [4.78, 5) is 25.5. The van der Waals surface area contributed by atoms with Crippen molar-refractivity contribution in [3.05, 3.63) is 12.2 Å². The zero-order chi connectivity index (χ0) is 26.9. The molecule has 0 bridgehead atoms. The molecule has 2 aromatic rings. The summed E-state index contributed by atoms with van der Waals surface area (Å²) in [5.41, 5.74) is 5.64. The van der Waals surface area contributed by atoms with Gasteiger partial charge in [0.05, 0.1) is 6.33 Å². The first-order valence-corrected chi connectivity index (χ1v) is 13.9. The second kappa shape index (κ2) is 11.1. The van der Waals surface area contributed by atoms with Crippen LogP contribution in [0.2, 0.25) is 0 Å². The average molecular weight is 527 g/mol. The van der Waals surface area contributed by atoms with E-state index in [-0.39, 0.29) is 34.6 Å². The van der Waals surface area contributed by atoms with E-state index < -0.39 is 36.0 Å². The maximum atomic E-state index is 12.3. The van der Waals surface area contributed by atoms with Crippen molar-refractivity contribution in [1.82, 2.24) is 24.8 Å². The highest BCUT2D eigenvalue weighted by atomic mass is 16.6. The summed E-state index contributed by atoms with van der Waals surface area (Å²) >= 11 is 0. The van der Waals surface area contributed by atoms with Crippen LogP contribution in [0.5, 0.6) is 0 Å². The largest absolute Gasteiger partial charge is 0.387 e. The maximum absolute atomic E-state index is 12.3. The molecule has 38 heavy (non-hydrogen) atoms. The number of amides is 1. The van der Waals surface area contributed by atoms with Crippen molar-refractivity contribution in [2.45, 2.75) is 101 Å². The van der Waals surface area contributed by atoms with Crippen molar-refractivity contribution in [3.63, 3.8) is 0 Å². The molecule has 1 unspecified atom stereocenters. The normalized spacial score (nSPS) is 27.3. The molecule has 0 aromatic carbocycles. The molecule has 3 fully saturated rings. The number of ether oxygens (including phenoxy) is 1. The zero-order valence-corrected chi connectivity index (χ0v) is 21.8. The SMILES string of the molecule is CCNC(=O)[C@H]1O[C@@H](n2cnc3c(N)nc(C#CC(O)(C4CCCCC4)C4CCCCC4)nc32)[C@@H](O)C1O. The van der Waals surface area contributed by atoms with Crippen molar-refractivity contribution in [1.29, 1.82) is 0 Å². The van der Waals surface area contributed by atoms with Gasteiger partial charge in [-0.1, -0.05) is 44.4 Å². The number of rotatable bonds is 5. The van der Waals surface area contributed by atoms with Gasteiger partial charge in [0.1, 0.15) is 23.3 Å². The van der Waals surface area contributed by atoms with Crippen LogP contribution in [-0.2, 0) is 9.53 Å². The third-order valence-electron chi connectivity index (χ3n) is 8.40. The second-order valence-corrected chi connectivity index (χ2v) is 10.8. The van der Waals surface area contributed by atoms with E-state index in [0.717, 1.165) is 51.4 Å². The number of likely N-dealkylation sites (N-methyl/N-ethyl adjacent to an activating group) is 1. The van der Waals surface area contributed by atoms with E-state index in [1.165, 1.54) is 23.7 Å². The number of imidazole rings is 1. The minimum Gasteiger partial charge on any atom is -0.387 e. The fourth-order valence-corrected chi connectivity index (χ4v) is 6.34. The van der Waals surface area contributed by atoms with Gasteiger partial charge in [0.25, 0.3) is 5.91 Å². The third-order valence-corrected chi connectivity index (χ3v) is 8.40. The summed E-state index contributed by atoms with van der Waals surface area (Å²) in [7, 11) is 0. The Balaban J connectivity index is 1.48. The van der Waals surface area contributed by atoms with Crippen LogP contribution in [0.4, 0.5) is 5.82 Å². The third kappa shape index (κ3) is 4.98. The van der Waals surface area contributed by atoms with Gasteiger partial charge in [-0.3, -0.25) is 9.36 Å². The van der Waals surface area contributed by atoms with Crippen LogP contribution in [0.1, 0.15) is 83.2 Å². The summed E-state index contributed by atoms with van der Waals surface area (Å²) in [6.45, 7) is 2.11. The van der Waals surface area contributed by atoms with Crippen molar-refractivity contribution in [2.24, 2.45) is 11.8 Å². The van der Waals surface area contributed by atoms with Crippen molar-refractivity contribution >= 4 is 22.9 Å². The lowest BCUT2D eigenvalue weighted by molar-refractivity contribution is -0.137. The molecule has 206 valence electrons. The lowest BCUT2D eigenvalue weighted by Gasteiger charge is -2.42. The van der Waals surface area contributed by atoms with E-state index in [0.29, 0.717) is 6.54 Å². The van der Waals surface area contributed by atoms with Crippen molar-refractivity contribution < 1.29 is 24.9 Å². The van der Waals surface area contributed by atoms with Gasteiger partial charge in [-0.2, -0.15) is 0 Å². The molecule has 1 amide bonds. The van der Waals surface area contributed by atoms with Gasteiger partial charge in [0, 0.05) is 6.54 Å². The summed E-state index contributed by atoms with van der Waals surface area (Å²) < 4.78 is 7.17. The van der Waals surface area contributed by atoms with Gasteiger partial charge >= 0.3 is 0 Å². The molecule has 3 heterocycles. The number of nitrogens with two attached hydrogens (primary N) is 1. The van der Waals surface area contributed by atoms with Gasteiger partial charge in [-0.25, -0.2) is 15.0 Å². The van der Waals surface area contributed by atoms with E-state index in [1.54, 1.807) is 6.92 Å². The van der Waals surface area contributed by atoms with Gasteiger partial charge in [0.15, 0.2) is 23.8 Å². The van der Waals surface area contributed by atoms with E-state index in [9.17, 15) is 20.1 Å². The Morgan fingerprint density at radius 2 is 1.74 bits per heavy atom. The quantitative estimate of drug-likeness (QED) is 0.362. The molecule has 2 aliphatic carbocycles. The highest BCUT2D eigenvalue weighted by Gasteiger charge is 2.48. The Labute approximate surface area is 222 Å². The molecule has 4 atom stereocenters. The van der Waals surface area contributed by atoms with Crippen LogP contribution >= 0.6 is 0 Å². The average Bonchev–Trinajstić information content (AvgIpc) is 3.49. The monoisotopic (exact) mass is 526 g/mol. The molecule has 0 spiro atoms. The second-order valence-electron chi connectivity index (χ2n) is 10.8. The number of aliphatic hydroxyl groups excluding tert-OH is 2. The van der Waals surface area contributed by atoms with Crippen LogP contribution in [0, 0.1) is 23.7 Å². The molecule has 2 aromatic heterocycles. The smallest absolute Gasteiger partial charge is 0.252 e. The maximum Gasteiger partial charge on any atom is 0.252 e. The molecule has 3 aliphatic rings. The minimum absolute atomic E-state index is 0.102. The molecule has 2 saturated carbocycles. The van der Waals surface area contributed by atoms with Gasteiger partial charge in [-0.15, -0.1) is 0 Å². The summed E-state index contributed by atoms with van der Waals surface area (Å²) in [5.74, 6) is 6.18. The van der Waals surface area contributed by atoms with Crippen LogP contribution in [0.3, 0.4) is 0 Å². The van der Waals surface area contributed by atoms with Gasteiger partial charge in [-0.05, 0) is 50.4 Å². The number of anilines is 1. The highest BCUT2D eigenvalue weighted by molar-refractivity contribution is 5.83. The first-order valence-electron chi connectivity index (χ1n) is 13.9. The fourth-order valence-electron chi connectivity index (χ4n) is 6.34. The Morgan fingerprint density at radius 3 is 2.34 bits per heavy atom.